The second-order valence-electron chi connectivity index (χ2n) is 14.2. The number of benzene rings is 5. The molecular formula is C45H40IrN2O-2. The zero-order chi connectivity index (χ0) is 33.6. The third-order valence-corrected chi connectivity index (χ3v) is 9.11. The number of aromatic nitrogens is 2. The molecule has 1 radical (unpaired) electrons. The van der Waals surface area contributed by atoms with Crippen LogP contribution in [-0.2, 0) is 26.5 Å². The average Bonchev–Trinajstić information content (AvgIpc) is 3.44. The van der Waals surface area contributed by atoms with Crippen LogP contribution in [0.2, 0.25) is 0 Å². The second-order valence-corrected chi connectivity index (χ2v) is 14.2. The molecule has 8 aromatic rings. The smallest absolute Gasteiger partial charge is 0.121 e. The van der Waals surface area contributed by atoms with Crippen molar-refractivity contribution in [3.05, 3.63) is 143 Å². The van der Waals surface area contributed by atoms with Gasteiger partial charge < -0.3 is 14.4 Å². The molecular weight excluding hydrogens is 777 g/mol. The van der Waals surface area contributed by atoms with E-state index in [4.69, 9.17) is 4.42 Å². The molecule has 4 heteroatoms. The third-order valence-electron chi connectivity index (χ3n) is 9.11. The van der Waals surface area contributed by atoms with Crippen molar-refractivity contribution in [1.29, 1.82) is 0 Å². The molecule has 5 aromatic carbocycles. The minimum Gasteiger partial charge on any atom is -0.501 e. The molecule has 0 aliphatic heterocycles. The van der Waals surface area contributed by atoms with Gasteiger partial charge in [-0.15, -0.1) is 53.6 Å². The Labute approximate surface area is 302 Å². The molecule has 0 fully saturated rings. The zero-order valence-corrected chi connectivity index (χ0v) is 31.6. The number of hydrogen-bond donors (Lipinski definition) is 0. The molecule has 8 rings (SSSR count). The van der Waals surface area contributed by atoms with Gasteiger partial charge in [0.2, 0.25) is 0 Å². The van der Waals surface area contributed by atoms with E-state index in [0.29, 0.717) is 5.41 Å². The van der Waals surface area contributed by atoms with Crippen molar-refractivity contribution in [2.24, 2.45) is 5.41 Å². The zero-order valence-electron chi connectivity index (χ0n) is 29.2. The van der Waals surface area contributed by atoms with Crippen molar-refractivity contribution in [1.82, 2.24) is 9.97 Å². The minimum atomic E-state index is 0. The van der Waals surface area contributed by atoms with Crippen LogP contribution < -0.4 is 0 Å². The van der Waals surface area contributed by atoms with E-state index < -0.39 is 0 Å². The van der Waals surface area contributed by atoms with Gasteiger partial charge in [0, 0.05) is 37.9 Å². The molecule has 0 N–H and O–H groups in total. The van der Waals surface area contributed by atoms with Crippen molar-refractivity contribution < 1.29 is 24.5 Å². The van der Waals surface area contributed by atoms with E-state index in [1.807, 2.05) is 24.5 Å². The van der Waals surface area contributed by atoms with E-state index in [1.54, 1.807) is 0 Å². The van der Waals surface area contributed by atoms with Crippen LogP contribution >= 0.6 is 0 Å². The first-order chi connectivity index (χ1) is 23.0. The van der Waals surface area contributed by atoms with Crippen LogP contribution in [0.25, 0.3) is 66.0 Å². The van der Waals surface area contributed by atoms with E-state index >= 15 is 0 Å². The summed E-state index contributed by atoms with van der Waals surface area (Å²) in [5, 5.41) is 7.14. The summed E-state index contributed by atoms with van der Waals surface area (Å²) in [6.45, 7) is 15.2. The average molecular weight is 817 g/mol. The van der Waals surface area contributed by atoms with Gasteiger partial charge in [0.1, 0.15) is 5.58 Å². The van der Waals surface area contributed by atoms with Crippen LogP contribution in [0.3, 0.4) is 0 Å². The predicted molar refractivity (Wildman–Crippen MR) is 201 cm³/mol. The molecule has 0 saturated heterocycles. The van der Waals surface area contributed by atoms with Crippen molar-refractivity contribution in [3.63, 3.8) is 0 Å². The van der Waals surface area contributed by atoms with Crippen LogP contribution in [0.5, 0.6) is 0 Å². The van der Waals surface area contributed by atoms with Crippen molar-refractivity contribution >= 4 is 43.5 Å². The molecule has 0 bridgehead atoms. The summed E-state index contributed by atoms with van der Waals surface area (Å²) in [4.78, 5) is 9.23. The van der Waals surface area contributed by atoms with Crippen LogP contribution in [0, 0.1) is 45.2 Å². The Morgan fingerprint density at radius 2 is 1.41 bits per heavy atom. The maximum atomic E-state index is 6.39. The summed E-state index contributed by atoms with van der Waals surface area (Å²) < 4.78 is 6.39. The second kappa shape index (κ2) is 13.7. The number of aryl methyl sites for hydroxylation is 4. The van der Waals surface area contributed by atoms with Gasteiger partial charge in [0.15, 0.2) is 0 Å². The fourth-order valence-corrected chi connectivity index (χ4v) is 6.34. The maximum absolute atomic E-state index is 6.39. The summed E-state index contributed by atoms with van der Waals surface area (Å²) in [5.74, 6) is 0. The summed E-state index contributed by atoms with van der Waals surface area (Å²) >= 11 is 0. The molecule has 247 valence electrons. The van der Waals surface area contributed by atoms with Gasteiger partial charge in [-0.3, -0.25) is 0 Å². The topological polar surface area (TPSA) is 38.9 Å². The Hall–Kier alpha value is -4.63. The Kier molecular flexibility index (Phi) is 9.58. The van der Waals surface area contributed by atoms with Crippen molar-refractivity contribution in [2.45, 2.75) is 54.9 Å². The van der Waals surface area contributed by atoms with Crippen LogP contribution in [0.15, 0.2) is 108 Å². The Bertz CT molecular complexity index is 2450. The molecule has 3 heterocycles. The molecule has 0 spiro atoms. The standard InChI is InChI=1S/C27H18NO.C18H22N.Ir/c1-16-12-25(28-15-17(16)2)22-9-5-8-21-24-13-19-11-10-18-6-3-4-7-20(18)23(19)14-26(24)29-27(21)22;1-13-6-8-15(9-7-13)17-10-14(2)16(12-19-17)11-18(3,4)5;/h3-8,10-15H,1-2H3;6-8,10,12H,11H2,1-5H3;/q2*-1;. The van der Waals surface area contributed by atoms with Crippen LogP contribution in [0.1, 0.15) is 48.6 Å². The normalized spacial score (nSPS) is 11.5. The maximum Gasteiger partial charge on any atom is 0.121 e. The summed E-state index contributed by atoms with van der Waals surface area (Å²) in [6, 6.07) is 38.4. The van der Waals surface area contributed by atoms with Gasteiger partial charge in [-0.25, -0.2) is 0 Å². The number of pyridine rings is 2. The predicted octanol–water partition coefficient (Wildman–Crippen LogP) is 12.1. The summed E-state index contributed by atoms with van der Waals surface area (Å²) in [5.41, 5.74) is 12.2. The van der Waals surface area contributed by atoms with E-state index in [9.17, 15) is 0 Å². The van der Waals surface area contributed by atoms with Crippen LogP contribution in [-0.4, -0.2) is 9.97 Å². The minimum absolute atomic E-state index is 0. The number of rotatable bonds is 3. The Balaban J connectivity index is 0.000000183. The SMILES string of the molecule is Cc1c[c-]c(-c2cc(C)c(CC(C)(C)C)cn2)cc1.Cc1cnc(-c2[c-]ccc3c2oc2cc4c(ccc5ccccc54)cc23)cc1C.[Ir]. The van der Waals surface area contributed by atoms with E-state index in [1.165, 1.54) is 49.4 Å². The molecule has 0 aliphatic rings. The van der Waals surface area contributed by atoms with E-state index in [-0.39, 0.29) is 20.1 Å². The number of hydrogen-bond acceptors (Lipinski definition) is 3. The van der Waals surface area contributed by atoms with Gasteiger partial charge in [0.05, 0.1) is 5.58 Å². The first-order valence-corrected chi connectivity index (χ1v) is 16.6. The summed E-state index contributed by atoms with van der Waals surface area (Å²) in [7, 11) is 0. The van der Waals surface area contributed by atoms with Crippen molar-refractivity contribution in [3.8, 4) is 22.5 Å². The molecule has 49 heavy (non-hydrogen) atoms. The largest absolute Gasteiger partial charge is 0.501 e. The quantitative estimate of drug-likeness (QED) is 0.132. The van der Waals surface area contributed by atoms with Gasteiger partial charge in [0.25, 0.3) is 0 Å². The first-order valence-electron chi connectivity index (χ1n) is 16.6. The van der Waals surface area contributed by atoms with Gasteiger partial charge >= 0.3 is 0 Å². The number of fused-ring (bicyclic) bond motifs is 6. The monoisotopic (exact) mass is 817 g/mol. The molecule has 0 atom stereocenters. The van der Waals surface area contributed by atoms with E-state index in [0.717, 1.165) is 50.9 Å². The Morgan fingerprint density at radius 1 is 0.653 bits per heavy atom. The molecule has 0 unspecified atom stereocenters. The van der Waals surface area contributed by atoms with Crippen molar-refractivity contribution in [2.75, 3.05) is 0 Å². The van der Waals surface area contributed by atoms with Gasteiger partial charge in [-0.2, -0.15) is 0 Å². The molecule has 3 nitrogen and oxygen atoms in total. The molecule has 3 aromatic heterocycles. The first kappa shape index (κ1) is 34.2. The summed E-state index contributed by atoms with van der Waals surface area (Å²) in [6.07, 6.45) is 4.99. The third kappa shape index (κ3) is 7.08. The number of nitrogens with zero attached hydrogens (tertiary/aromatic N) is 2. The van der Waals surface area contributed by atoms with Gasteiger partial charge in [-0.05, 0) is 88.8 Å². The van der Waals surface area contributed by atoms with Crippen LogP contribution in [0.4, 0.5) is 0 Å². The number of furan rings is 1. The fourth-order valence-electron chi connectivity index (χ4n) is 6.34. The van der Waals surface area contributed by atoms with E-state index in [2.05, 4.69) is 149 Å². The van der Waals surface area contributed by atoms with Gasteiger partial charge in [-0.1, -0.05) is 98.3 Å². The molecule has 0 saturated carbocycles. The fraction of sp³-hybridized carbons (Fsp3) is 0.200. The molecule has 0 amide bonds. The molecule has 0 aliphatic carbocycles. The Morgan fingerprint density at radius 3 is 2.14 bits per heavy atom.